The number of rotatable bonds is 3. The quantitative estimate of drug-likeness (QED) is 0.863. The number of methoxy groups -OCH3 is 1. The largest absolute Gasteiger partial charge is 0.495 e. The number of aromatic nitrogens is 3. The number of aryl methyl sites for hydroxylation is 1. The average Bonchev–Trinajstić information content (AvgIpc) is 2.98. The molecule has 0 unspecified atom stereocenters. The molecule has 2 aromatic rings. The smallest absolute Gasteiger partial charge is 0.259 e. The Hall–Kier alpha value is -1.95. The van der Waals surface area contributed by atoms with E-state index >= 15 is 0 Å². The summed E-state index contributed by atoms with van der Waals surface area (Å²) in [6, 6.07) is 1.88. The summed E-state index contributed by atoms with van der Waals surface area (Å²) in [5.74, 6) is 2.43. The lowest BCUT2D eigenvalue weighted by molar-refractivity contribution is 0.248. The van der Waals surface area contributed by atoms with Gasteiger partial charge in [0.1, 0.15) is 5.75 Å². The standard InChI is InChI=1S/C15H20N4O2/c1-10-13(20-3)8-12(9-16-10)15-17-14(18-21-15)11-4-6-19(2)7-5-11/h8-9,11H,4-7H2,1-3H3. The molecule has 0 amide bonds. The highest BCUT2D eigenvalue weighted by molar-refractivity contribution is 5.55. The molecule has 0 aromatic carbocycles. The zero-order chi connectivity index (χ0) is 14.8. The van der Waals surface area contributed by atoms with Crippen LogP contribution in [0.3, 0.4) is 0 Å². The van der Waals surface area contributed by atoms with E-state index < -0.39 is 0 Å². The first-order chi connectivity index (χ1) is 10.2. The highest BCUT2D eigenvalue weighted by atomic mass is 16.5. The predicted molar refractivity (Wildman–Crippen MR) is 78.3 cm³/mol. The zero-order valence-electron chi connectivity index (χ0n) is 12.7. The van der Waals surface area contributed by atoms with Crippen molar-refractivity contribution in [3.63, 3.8) is 0 Å². The van der Waals surface area contributed by atoms with E-state index in [1.807, 2.05) is 13.0 Å². The molecule has 0 bridgehead atoms. The summed E-state index contributed by atoms with van der Waals surface area (Å²) < 4.78 is 10.7. The minimum Gasteiger partial charge on any atom is -0.495 e. The van der Waals surface area contributed by atoms with Gasteiger partial charge in [-0.3, -0.25) is 4.98 Å². The molecule has 1 fully saturated rings. The van der Waals surface area contributed by atoms with Crippen LogP contribution in [0.1, 0.15) is 30.3 Å². The van der Waals surface area contributed by atoms with Crippen molar-refractivity contribution in [3.05, 3.63) is 23.8 Å². The molecule has 1 aliphatic rings. The Morgan fingerprint density at radius 2 is 2.10 bits per heavy atom. The summed E-state index contributed by atoms with van der Waals surface area (Å²) in [7, 11) is 3.77. The molecule has 6 heteroatoms. The Morgan fingerprint density at radius 1 is 1.33 bits per heavy atom. The summed E-state index contributed by atoms with van der Waals surface area (Å²) in [6.07, 6.45) is 3.89. The molecule has 3 heterocycles. The summed E-state index contributed by atoms with van der Waals surface area (Å²) in [4.78, 5) is 11.2. The number of likely N-dealkylation sites (tertiary alicyclic amines) is 1. The van der Waals surface area contributed by atoms with Crippen LogP contribution in [0.2, 0.25) is 0 Å². The molecule has 21 heavy (non-hydrogen) atoms. The van der Waals surface area contributed by atoms with Gasteiger partial charge in [0.15, 0.2) is 5.82 Å². The average molecular weight is 288 g/mol. The first-order valence-electron chi connectivity index (χ1n) is 7.20. The van der Waals surface area contributed by atoms with E-state index in [1.165, 1.54) is 0 Å². The summed E-state index contributed by atoms with van der Waals surface area (Å²) in [6.45, 7) is 4.06. The number of piperidine rings is 1. The van der Waals surface area contributed by atoms with E-state index in [-0.39, 0.29) is 0 Å². The molecule has 112 valence electrons. The lowest BCUT2D eigenvalue weighted by Crippen LogP contribution is -2.29. The van der Waals surface area contributed by atoms with Crippen LogP contribution >= 0.6 is 0 Å². The third-order valence-electron chi connectivity index (χ3n) is 4.03. The summed E-state index contributed by atoms with van der Waals surface area (Å²) in [5.41, 5.74) is 1.64. The molecule has 1 aliphatic heterocycles. The molecule has 0 N–H and O–H groups in total. The van der Waals surface area contributed by atoms with Gasteiger partial charge in [-0.1, -0.05) is 5.16 Å². The molecule has 0 aliphatic carbocycles. The molecular weight excluding hydrogens is 268 g/mol. The van der Waals surface area contributed by atoms with Gasteiger partial charge >= 0.3 is 0 Å². The van der Waals surface area contributed by atoms with Crippen LogP contribution in [-0.4, -0.2) is 47.3 Å². The fraction of sp³-hybridized carbons (Fsp3) is 0.533. The summed E-state index contributed by atoms with van der Waals surface area (Å²) >= 11 is 0. The minimum absolute atomic E-state index is 0.388. The fourth-order valence-corrected chi connectivity index (χ4v) is 2.62. The SMILES string of the molecule is COc1cc(-c2nc(C3CCN(C)CC3)no2)cnc1C. The molecule has 0 atom stereocenters. The van der Waals surface area contributed by atoms with Crippen LogP contribution in [0.15, 0.2) is 16.8 Å². The topological polar surface area (TPSA) is 64.3 Å². The van der Waals surface area contributed by atoms with E-state index in [4.69, 9.17) is 9.26 Å². The predicted octanol–water partition coefficient (Wildman–Crippen LogP) is 2.26. The maximum Gasteiger partial charge on any atom is 0.259 e. The van der Waals surface area contributed by atoms with Crippen LogP contribution in [0.4, 0.5) is 0 Å². The van der Waals surface area contributed by atoms with Gasteiger partial charge in [0.25, 0.3) is 5.89 Å². The lowest BCUT2D eigenvalue weighted by Gasteiger charge is -2.26. The third-order valence-corrected chi connectivity index (χ3v) is 4.03. The van der Waals surface area contributed by atoms with Crippen molar-refractivity contribution in [2.45, 2.75) is 25.7 Å². The number of hydrogen-bond donors (Lipinski definition) is 0. The van der Waals surface area contributed by atoms with Crippen LogP contribution in [-0.2, 0) is 0 Å². The Balaban J connectivity index is 1.81. The van der Waals surface area contributed by atoms with Crippen molar-refractivity contribution in [1.82, 2.24) is 20.0 Å². The van der Waals surface area contributed by atoms with Gasteiger partial charge in [0.2, 0.25) is 0 Å². The first-order valence-corrected chi connectivity index (χ1v) is 7.20. The molecule has 0 radical (unpaired) electrons. The minimum atomic E-state index is 0.388. The van der Waals surface area contributed by atoms with E-state index in [0.29, 0.717) is 11.8 Å². The normalized spacial score (nSPS) is 17.1. The van der Waals surface area contributed by atoms with Gasteiger partial charge in [-0.25, -0.2) is 0 Å². The van der Waals surface area contributed by atoms with Crippen molar-refractivity contribution in [2.75, 3.05) is 27.2 Å². The Labute approximate surface area is 124 Å². The maximum absolute atomic E-state index is 5.40. The second kappa shape index (κ2) is 5.81. The third kappa shape index (κ3) is 2.90. The van der Waals surface area contributed by atoms with Gasteiger partial charge < -0.3 is 14.2 Å². The molecule has 1 saturated heterocycles. The number of pyridine rings is 1. The zero-order valence-corrected chi connectivity index (χ0v) is 12.7. The van der Waals surface area contributed by atoms with Crippen molar-refractivity contribution in [3.8, 4) is 17.2 Å². The molecule has 2 aromatic heterocycles. The van der Waals surface area contributed by atoms with Gasteiger partial charge in [-0.2, -0.15) is 4.98 Å². The molecule has 6 nitrogen and oxygen atoms in total. The second-order valence-corrected chi connectivity index (χ2v) is 5.55. The van der Waals surface area contributed by atoms with Crippen LogP contribution < -0.4 is 4.74 Å². The van der Waals surface area contributed by atoms with Crippen molar-refractivity contribution >= 4 is 0 Å². The van der Waals surface area contributed by atoms with Crippen molar-refractivity contribution < 1.29 is 9.26 Å². The number of hydrogen-bond acceptors (Lipinski definition) is 6. The van der Waals surface area contributed by atoms with E-state index in [2.05, 4.69) is 27.1 Å². The highest BCUT2D eigenvalue weighted by Crippen LogP contribution is 2.28. The van der Waals surface area contributed by atoms with Gasteiger partial charge in [0.05, 0.1) is 18.4 Å². The van der Waals surface area contributed by atoms with Crippen LogP contribution in [0, 0.1) is 6.92 Å². The first kappa shape index (κ1) is 14.0. The van der Waals surface area contributed by atoms with E-state index in [9.17, 15) is 0 Å². The fourth-order valence-electron chi connectivity index (χ4n) is 2.62. The molecule has 0 saturated carbocycles. The molecular formula is C15H20N4O2. The second-order valence-electron chi connectivity index (χ2n) is 5.55. The lowest BCUT2D eigenvalue weighted by atomic mass is 9.96. The monoisotopic (exact) mass is 288 g/mol. The maximum atomic E-state index is 5.40. The Kier molecular flexibility index (Phi) is 3.88. The van der Waals surface area contributed by atoms with E-state index in [0.717, 1.165) is 48.8 Å². The molecule has 3 rings (SSSR count). The van der Waals surface area contributed by atoms with E-state index in [1.54, 1.807) is 13.3 Å². The van der Waals surface area contributed by atoms with Crippen LogP contribution in [0.25, 0.3) is 11.5 Å². The van der Waals surface area contributed by atoms with Crippen molar-refractivity contribution in [2.24, 2.45) is 0 Å². The number of ether oxygens (including phenoxy) is 1. The van der Waals surface area contributed by atoms with Gasteiger partial charge in [-0.15, -0.1) is 0 Å². The number of nitrogens with zero attached hydrogens (tertiary/aromatic N) is 4. The van der Waals surface area contributed by atoms with Crippen LogP contribution in [0.5, 0.6) is 5.75 Å². The Morgan fingerprint density at radius 3 is 2.81 bits per heavy atom. The molecule has 0 spiro atoms. The summed E-state index contributed by atoms with van der Waals surface area (Å²) in [5, 5.41) is 4.15. The Bertz CT molecular complexity index is 618. The highest BCUT2D eigenvalue weighted by Gasteiger charge is 2.23. The van der Waals surface area contributed by atoms with Crippen molar-refractivity contribution in [1.29, 1.82) is 0 Å². The van der Waals surface area contributed by atoms with Gasteiger partial charge in [0, 0.05) is 12.1 Å². The van der Waals surface area contributed by atoms with Gasteiger partial charge in [-0.05, 0) is 46.0 Å².